The van der Waals surface area contributed by atoms with Crippen LogP contribution in [0.5, 0.6) is 5.75 Å². The lowest BCUT2D eigenvalue weighted by Gasteiger charge is -2.38. The largest absolute Gasteiger partial charge is 0.494 e. The van der Waals surface area contributed by atoms with E-state index in [0.717, 1.165) is 0 Å². The first-order chi connectivity index (χ1) is 17.1. The van der Waals surface area contributed by atoms with Gasteiger partial charge in [0.1, 0.15) is 12.1 Å². The number of amides is 1. The quantitative estimate of drug-likeness (QED) is 0.339. The number of anilines is 1. The smallest absolute Gasteiger partial charge is 0.274 e. The van der Waals surface area contributed by atoms with E-state index in [1.807, 2.05) is 17.0 Å². The predicted molar refractivity (Wildman–Crippen MR) is 142 cm³/mol. The van der Waals surface area contributed by atoms with Crippen molar-refractivity contribution in [3.8, 4) is 5.75 Å². The summed E-state index contributed by atoms with van der Waals surface area (Å²) in [6, 6.07) is 15.9. The van der Waals surface area contributed by atoms with Gasteiger partial charge in [-0.15, -0.1) is 0 Å². The molecule has 36 heavy (non-hydrogen) atoms. The summed E-state index contributed by atoms with van der Waals surface area (Å²) in [5.41, 5.74) is 1.66. The molecule has 12 heteroatoms. The highest BCUT2D eigenvalue weighted by Gasteiger charge is 2.37. The molecule has 1 aromatic heterocycles. The Kier molecular flexibility index (Phi) is 6.45. The number of hydrogen-bond donors (Lipinski definition) is 0. The Hall–Kier alpha value is -2.72. The summed E-state index contributed by atoms with van der Waals surface area (Å²) < 4.78 is 32.9. The van der Waals surface area contributed by atoms with E-state index in [2.05, 4.69) is 4.98 Å². The third kappa shape index (κ3) is 4.24. The van der Waals surface area contributed by atoms with Gasteiger partial charge in [-0.1, -0.05) is 71.2 Å². The van der Waals surface area contributed by atoms with Crippen LogP contribution in [0.2, 0.25) is 0 Å². The van der Waals surface area contributed by atoms with Crippen LogP contribution in [0.15, 0.2) is 65.8 Å². The van der Waals surface area contributed by atoms with Gasteiger partial charge in [-0.25, -0.2) is 17.4 Å². The number of methoxy groups -OCH3 is 1. The van der Waals surface area contributed by atoms with Crippen LogP contribution in [-0.2, 0) is 14.8 Å². The lowest BCUT2D eigenvalue weighted by atomic mass is 10.1. The van der Waals surface area contributed by atoms with Crippen molar-refractivity contribution < 1.29 is 17.9 Å². The molecular weight excluding hydrogens is 547 g/mol. The summed E-state index contributed by atoms with van der Waals surface area (Å²) in [6.07, 6.45) is 1.32. The molecule has 0 atom stereocenters. The molecule has 1 aliphatic heterocycles. The van der Waals surface area contributed by atoms with Crippen LogP contribution in [0.4, 0.5) is 5.69 Å². The average molecular weight is 568 g/mol. The van der Waals surface area contributed by atoms with Crippen LogP contribution >= 0.6 is 34.8 Å². The Bertz CT molecular complexity index is 1580. The van der Waals surface area contributed by atoms with Crippen LogP contribution in [0, 0.1) is 0 Å². The van der Waals surface area contributed by atoms with Crippen molar-refractivity contribution in [2.45, 2.75) is 8.69 Å². The number of carbonyl (C=O) groups excluding carboxylic acids is 1. The van der Waals surface area contributed by atoms with Crippen molar-refractivity contribution in [3.63, 3.8) is 0 Å². The molecule has 8 nitrogen and oxygen atoms in total. The van der Waals surface area contributed by atoms with Gasteiger partial charge in [0.05, 0.1) is 28.7 Å². The first-order valence-electron chi connectivity index (χ1n) is 11.0. The van der Waals surface area contributed by atoms with Gasteiger partial charge >= 0.3 is 0 Å². The van der Waals surface area contributed by atoms with Crippen molar-refractivity contribution in [3.05, 3.63) is 60.9 Å². The number of piperazine rings is 1. The molecule has 0 N–H and O–H groups in total. The first kappa shape index (κ1) is 25.0. The number of benzene rings is 3. The molecule has 1 fully saturated rings. The number of carbonyl (C=O) groups is 1. The van der Waals surface area contributed by atoms with Gasteiger partial charge in [0, 0.05) is 37.0 Å². The number of ether oxygens (including phenoxy) is 1. The Labute approximate surface area is 223 Å². The number of nitrogens with zero attached hydrogens (tertiary/aromatic N) is 4. The second-order valence-corrected chi connectivity index (χ2v) is 12.3. The highest BCUT2D eigenvalue weighted by molar-refractivity contribution is 7.90. The van der Waals surface area contributed by atoms with Crippen molar-refractivity contribution in [1.29, 1.82) is 0 Å². The fourth-order valence-electron chi connectivity index (χ4n) is 4.53. The van der Waals surface area contributed by atoms with Gasteiger partial charge in [0.2, 0.25) is 0 Å². The summed E-state index contributed by atoms with van der Waals surface area (Å²) in [6.45, 7) is 1.40. The summed E-state index contributed by atoms with van der Waals surface area (Å²) in [5, 5.41) is 1.18. The van der Waals surface area contributed by atoms with Gasteiger partial charge in [0.15, 0.2) is 0 Å². The van der Waals surface area contributed by atoms with E-state index in [4.69, 9.17) is 39.5 Å². The number of alkyl halides is 3. The maximum absolute atomic E-state index is 14.0. The second-order valence-electron chi connectivity index (χ2n) is 8.28. The zero-order chi connectivity index (χ0) is 25.7. The summed E-state index contributed by atoms with van der Waals surface area (Å²) in [4.78, 5) is 20.2. The number of imidazole rings is 1. The number of para-hydroxylation sites is 2. The van der Waals surface area contributed by atoms with E-state index in [1.54, 1.807) is 49.6 Å². The predicted octanol–water partition coefficient (Wildman–Crippen LogP) is 4.45. The fourth-order valence-corrected chi connectivity index (χ4v) is 6.40. The molecule has 0 saturated carbocycles. The fraction of sp³-hybridized carbons (Fsp3) is 0.250. The van der Waals surface area contributed by atoms with E-state index in [0.29, 0.717) is 59.4 Å². The average Bonchev–Trinajstić information content (AvgIpc) is 3.32. The first-order valence-corrected chi connectivity index (χ1v) is 13.6. The summed E-state index contributed by atoms with van der Waals surface area (Å²) in [7, 11) is -2.48. The number of aromatic nitrogens is 2. The van der Waals surface area contributed by atoms with Crippen LogP contribution in [0.1, 0.15) is 0 Å². The molecular formula is C24H21Cl3N4O4S. The highest BCUT2D eigenvalue weighted by Crippen LogP contribution is 2.41. The monoisotopic (exact) mass is 566 g/mol. The van der Waals surface area contributed by atoms with Crippen LogP contribution in [0.3, 0.4) is 0 Å². The minimum Gasteiger partial charge on any atom is -0.494 e. The molecule has 1 amide bonds. The number of halogens is 3. The summed E-state index contributed by atoms with van der Waals surface area (Å²) >= 11 is 17.3. The zero-order valence-corrected chi connectivity index (χ0v) is 22.2. The lowest BCUT2D eigenvalue weighted by Crippen LogP contribution is -2.51. The van der Waals surface area contributed by atoms with Crippen molar-refractivity contribution in [2.24, 2.45) is 0 Å². The van der Waals surface area contributed by atoms with Gasteiger partial charge in [0.25, 0.3) is 19.7 Å². The second kappa shape index (κ2) is 9.30. The minimum atomic E-state index is -4.02. The molecule has 1 aliphatic rings. The zero-order valence-electron chi connectivity index (χ0n) is 19.1. The topological polar surface area (TPSA) is 84.7 Å². The van der Waals surface area contributed by atoms with Crippen molar-refractivity contribution in [1.82, 2.24) is 13.9 Å². The molecule has 0 bridgehead atoms. The third-order valence-corrected chi connectivity index (χ3v) is 8.44. The normalized spacial score (nSPS) is 15.0. The van der Waals surface area contributed by atoms with E-state index in [-0.39, 0.29) is 4.90 Å². The van der Waals surface area contributed by atoms with E-state index in [9.17, 15) is 13.2 Å². The molecule has 5 rings (SSSR count). The maximum Gasteiger partial charge on any atom is 0.274 e. The SMILES string of the molecule is COc1c(N2CCN(C(=O)C(Cl)(Cl)Cl)CC2)cc(S(=O)(=O)n2cnc3ccccc32)c2ccccc12. The van der Waals surface area contributed by atoms with Crippen LogP contribution in [-0.4, -0.2) is 65.3 Å². The molecule has 0 unspecified atom stereocenters. The Balaban J connectivity index is 1.62. The minimum absolute atomic E-state index is 0.122. The third-order valence-electron chi connectivity index (χ3n) is 6.25. The maximum atomic E-state index is 14.0. The molecule has 4 aromatic rings. The standard InChI is InChI=1S/C24H21Cl3N4O4S/c1-35-22-17-7-3-2-6-16(17)21(36(33,34)31-15-28-18-8-4-5-9-19(18)31)14-20(22)29-10-12-30(13-11-29)23(32)24(25,26)27/h2-9,14-15H,10-13H2,1H3. The Morgan fingerprint density at radius 3 is 2.28 bits per heavy atom. The van der Waals surface area contributed by atoms with Crippen LogP contribution < -0.4 is 9.64 Å². The van der Waals surface area contributed by atoms with Gasteiger partial charge in [-0.3, -0.25) is 4.79 Å². The Morgan fingerprint density at radius 1 is 0.972 bits per heavy atom. The highest BCUT2D eigenvalue weighted by atomic mass is 35.6. The van der Waals surface area contributed by atoms with Crippen molar-refractivity contribution >= 4 is 78.2 Å². The van der Waals surface area contributed by atoms with Crippen molar-refractivity contribution in [2.75, 3.05) is 38.2 Å². The Morgan fingerprint density at radius 2 is 1.61 bits per heavy atom. The van der Waals surface area contributed by atoms with Gasteiger partial charge in [-0.05, 0) is 18.2 Å². The molecule has 1 saturated heterocycles. The van der Waals surface area contributed by atoms with Crippen LogP contribution in [0.25, 0.3) is 21.8 Å². The van der Waals surface area contributed by atoms with E-state index < -0.39 is 19.7 Å². The molecule has 0 aliphatic carbocycles. The van der Waals surface area contributed by atoms with Gasteiger partial charge in [-0.2, -0.15) is 0 Å². The van der Waals surface area contributed by atoms with E-state index in [1.165, 1.54) is 15.2 Å². The molecule has 188 valence electrons. The van der Waals surface area contributed by atoms with E-state index >= 15 is 0 Å². The number of fused-ring (bicyclic) bond motifs is 2. The molecule has 0 radical (unpaired) electrons. The number of hydrogen-bond acceptors (Lipinski definition) is 6. The summed E-state index contributed by atoms with van der Waals surface area (Å²) in [5.74, 6) is -0.0472. The number of rotatable bonds is 4. The van der Waals surface area contributed by atoms with Gasteiger partial charge < -0.3 is 14.5 Å². The molecule has 2 heterocycles. The lowest BCUT2D eigenvalue weighted by molar-refractivity contribution is -0.130. The molecule has 3 aromatic carbocycles. The molecule has 0 spiro atoms.